The van der Waals surface area contributed by atoms with Crippen LogP contribution in [0, 0.1) is 6.92 Å². The average Bonchev–Trinajstić information content (AvgIpc) is 2.67. The third kappa shape index (κ3) is 2.51. The number of aliphatic hydroxyl groups excluding tert-OH is 1. The maximum atomic E-state index is 12.0. The van der Waals surface area contributed by atoms with Gasteiger partial charge in [-0.05, 0) is 24.1 Å². The van der Waals surface area contributed by atoms with E-state index in [-0.39, 0.29) is 18.7 Å². The number of aryl methyl sites for hydroxylation is 1. The quantitative estimate of drug-likeness (QED) is 0.894. The van der Waals surface area contributed by atoms with Crippen molar-refractivity contribution < 1.29 is 14.6 Å². The molecule has 1 aliphatic heterocycles. The number of β-amino-alcohol motifs (C(OH)–C–C–N with tert-alkyl or cyclic N) is 1. The molecule has 2 amide bonds. The standard InChI is InChI=1S/C14H20N2O3/c1-10-8-11(4-5-13(10)19-3)12-9-15(2)14(18)16(12)6-7-17/h4-5,8,12,17H,6-7,9H2,1-3H3. The number of methoxy groups -OCH3 is 1. The molecule has 1 unspecified atom stereocenters. The van der Waals surface area contributed by atoms with Crippen LogP contribution in [0.5, 0.6) is 5.75 Å². The second kappa shape index (κ2) is 5.48. The predicted molar refractivity (Wildman–Crippen MR) is 72.3 cm³/mol. The molecule has 0 aromatic heterocycles. The topological polar surface area (TPSA) is 53.0 Å². The summed E-state index contributed by atoms with van der Waals surface area (Å²) in [6.45, 7) is 2.97. The van der Waals surface area contributed by atoms with Crippen molar-refractivity contribution in [1.29, 1.82) is 0 Å². The van der Waals surface area contributed by atoms with Crippen LogP contribution in [-0.2, 0) is 0 Å². The number of nitrogens with zero attached hydrogens (tertiary/aromatic N) is 2. The number of amides is 2. The van der Waals surface area contributed by atoms with Crippen molar-refractivity contribution in [3.05, 3.63) is 29.3 Å². The number of urea groups is 1. The van der Waals surface area contributed by atoms with Gasteiger partial charge in [-0.3, -0.25) is 0 Å². The van der Waals surface area contributed by atoms with Gasteiger partial charge in [0.1, 0.15) is 5.75 Å². The summed E-state index contributed by atoms with van der Waals surface area (Å²) in [4.78, 5) is 15.4. The Hall–Kier alpha value is -1.75. The summed E-state index contributed by atoms with van der Waals surface area (Å²) in [6.07, 6.45) is 0. The normalized spacial score (nSPS) is 19.2. The molecule has 1 aliphatic rings. The molecule has 1 heterocycles. The number of hydrogen-bond acceptors (Lipinski definition) is 3. The van der Waals surface area contributed by atoms with Gasteiger partial charge in [0.2, 0.25) is 0 Å². The Morgan fingerprint density at radius 2 is 2.21 bits per heavy atom. The van der Waals surface area contributed by atoms with Gasteiger partial charge in [0, 0.05) is 20.1 Å². The summed E-state index contributed by atoms with van der Waals surface area (Å²) in [6, 6.07) is 5.90. The summed E-state index contributed by atoms with van der Waals surface area (Å²) >= 11 is 0. The summed E-state index contributed by atoms with van der Waals surface area (Å²) < 4.78 is 5.25. The first-order valence-corrected chi connectivity index (χ1v) is 6.35. The number of rotatable bonds is 4. The number of likely N-dealkylation sites (N-methyl/N-ethyl adjacent to an activating group) is 1. The molecule has 0 spiro atoms. The SMILES string of the molecule is COc1ccc(C2CN(C)C(=O)N2CCO)cc1C. The molecule has 1 aromatic carbocycles. The molecule has 0 aliphatic carbocycles. The van der Waals surface area contributed by atoms with Crippen molar-refractivity contribution >= 4 is 6.03 Å². The zero-order chi connectivity index (χ0) is 14.0. The number of aliphatic hydroxyl groups is 1. The smallest absolute Gasteiger partial charge is 0.320 e. The lowest BCUT2D eigenvalue weighted by Gasteiger charge is -2.23. The molecule has 1 aromatic rings. The lowest BCUT2D eigenvalue weighted by molar-refractivity contribution is 0.171. The minimum absolute atomic E-state index is 0.00532. The van der Waals surface area contributed by atoms with Crippen LogP contribution >= 0.6 is 0 Å². The van der Waals surface area contributed by atoms with Gasteiger partial charge in [-0.25, -0.2) is 4.79 Å². The fraction of sp³-hybridized carbons (Fsp3) is 0.500. The fourth-order valence-electron chi connectivity index (χ4n) is 2.54. The highest BCUT2D eigenvalue weighted by Crippen LogP contribution is 2.31. The number of hydrogen-bond donors (Lipinski definition) is 1. The summed E-state index contributed by atoms with van der Waals surface area (Å²) in [5.74, 6) is 0.843. The van der Waals surface area contributed by atoms with E-state index < -0.39 is 0 Å². The van der Waals surface area contributed by atoms with Crippen LogP contribution in [0.4, 0.5) is 4.79 Å². The van der Waals surface area contributed by atoms with Crippen LogP contribution in [0.3, 0.4) is 0 Å². The first kappa shape index (κ1) is 13.7. The van der Waals surface area contributed by atoms with Crippen LogP contribution in [-0.4, -0.2) is 54.8 Å². The molecule has 19 heavy (non-hydrogen) atoms. The average molecular weight is 264 g/mol. The molecule has 1 fully saturated rings. The Bertz CT molecular complexity index is 476. The monoisotopic (exact) mass is 264 g/mol. The highest BCUT2D eigenvalue weighted by molar-refractivity contribution is 5.77. The van der Waals surface area contributed by atoms with E-state index in [1.165, 1.54) is 0 Å². The minimum atomic E-state index is -0.0347. The van der Waals surface area contributed by atoms with Gasteiger partial charge in [-0.15, -0.1) is 0 Å². The van der Waals surface area contributed by atoms with Crippen LogP contribution in [0.25, 0.3) is 0 Å². The van der Waals surface area contributed by atoms with Gasteiger partial charge in [-0.1, -0.05) is 12.1 Å². The molecule has 0 saturated carbocycles. The minimum Gasteiger partial charge on any atom is -0.496 e. The van der Waals surface area contributed by atoms with E-state index in [2.05, 4.69) is 0 Å². The van der Waals surface area contributed by atoms with Crippen molar-refractivity contribution in [3.63, 3.8) is 0 Å². The summed E-state index contributed by atoms with van der Waals surface area (Å²) in [5.41, 5.74) is 2.12. The van der Waals surface area contributed by atoms with Crippen molar-refractivity contribution in [2.24, 2.45) is 0 Å². The highest BCUT2D eigenvalue weighted by Gasteiger charge is 2.35. The van der Waals surface area contributed by atoms with E-state index in [1.807, 2.05) is 25.1 Å². The molecule has 1 N–H and O–H groups in total. The number of carbonyl (C=O) groups is 1. The molecule has 5 nitrogen and oxygen atoms in total. The fourth-order valence-corrected chi connectivity index (χ4v) is 2.54. The van der Waals surface area contributed by atoms with Crippen LogP contribution in [0.1, 0.15) is 17.2 Å². The van der Waals surface area contributed by atoms with E-state index in [0.717, 1.165) is 16.9 Å². The van der Waals surface area contributed by atoms with Gasteiger partial charge in [0.05, 0.1) is 19.8 Å². The Kier molecular flexibility index (Phi) is 3.95. The number of ether oxygens (including phenoxy) is 1. The lowest BCUT2D eigenvalue weighted by Crippen LogP contribution is -2.33. The second-order valence-electron chi connectivity index (χ2n) is 4.82. The van der Waals surface area contributed by atoms with Crippen molar-refractivity contribution in [2.75, 3.05) is 33.9 Å². The molecule has 1 saturated heterocycles. The van der Waals surface area contributed by atoms with Crippen molar-refractivity contribution in [1.82, 2.24) is 9.80 Å². The van der Waals surface area contributed by atoms with E-state index in [9.17, 15) is 4.79 Å². The first-order chi connectivity index (χ1) is 9.08. The van der Waals surface area contributed by atoms with Gasteiger partial charge >= 0.3 is 6.03 Å². The van der Waals surface area contributed by atoms with E-state index in [1.54, 1.807) is 24.0 Å². The van der Waals surface area contributed by atoms with Crippen LogP contribution in [0.2, 0.25) is 0 Å². The second-order valence-corrected chi connectivity index (χ2v) is 4.82. The third-order valence-corrected chi connectivity index (χ3v) is 3.54. The molecule has 1 atom stereocenters. The Morgan fingerprint density at radius 1 is 1.47 bits per heavy atom. The largest absolute Gasteiger partial charge is 0.496 e. The molecular formula is C14H20N2O3. The molecule has 104 valence electrons. The predicted octanol–water partition coefficient (Wildman–Crippen LogP) is 1.40. The lowest BCUT2D eigenvalue weighted by atomic mass is 10.0. The molecule has 2 rings (SSSR count). The maximum absolute atomic E-state index is 12.0. The zero-order valence-electron chi connectivity index (χ0n) is 11.6. The van der Waals surface area contributed by atoms with Gasteiger partial charge in [0.15, 0.2) is 0 Å². The maximum Gasteiger partial charge on any atom is 0.320 e. The Balaban J connectivity index is 2.29. The summed E-state index contributed by atoms with van der Waals surface area (Å²) in [5, 5.41) is 9.10. The first-order valence-electron chi connectivity index (χ1n) is 6.35. The third-order valence-electron chi connectivity index (χ3n) is 3.54. The number of benzene rings is 1. The van der Waals surface area contributed by atoms with Crippen LogP contribution < -0.4 is 4.74 Å². The van der Waals surface area contributed by atoms with E-state index in [4.69, 9.17) is 9.84 Å². The number of carbonyl (C=O) groups excluding carboxylic acids is 1. The Morgan fingerprint density at radius 3 is 2.79 bits per heavy atom. The molecule has 5 heteroatoms. The van der Waals surface area contributed by atoms with E-state index in [0.29, 0.717) is 13.1 Å². The zero-order valence-corrected chi connectivity index (χ0v) is 11.6. The van der Waals surface area contributed by atoms with Crippen molar-refractivity contribution in [2.45, 2.75) is 13.0 Å². The highest BCUT2D eigenvalue weighted by atomic mass is 16.5. The van der Waals surface area contributed by atoms with E-state index >= 15 is 0 Å². The van der Waals surface area contributed by atoms with Gasteiger partial charge in [0.25, 0.3) is 0 Å². The Labute approximate surface area is 113 Å². The molecular weight excluding hydrogens is 244 g/mol. The van der Waals surface area contributed by atoms with Crippen LogP contribution in [0.15, 0.2) is 18.2 Å². The van der Waals surface area contributed by atoms with Gasteiger partial charge < -0.3 is 19.6 Å². The molecule has 0 bridgehead atoms. The molecule has 0 radical (unpaired) electrons. The van der Waals surface area contributed by atoms with Gasteiger partial charge in [-0.2, -0.15) is 0 Å². The summed E-state index contributed by atoms with van der Waals surface area (Å²) in [7, 11) is 3.43. The van der Waals surface area contributed by atoms with Crippen molar-refractivity contribution in [3.8, 4) is 5.75 Å².